The van der Waals surface area contributed by atoms with E-state index in [2.05, 4.69) is 20.8 Å². The Bertz CT molecular complexity index is 755. The van der Waals surface area contributed by atoms with Crippen LogP contribution in [0.25, 0.3) is 0 Å². The number of rotatable bonds is 8. The first-order valence-electron chi connectivity index (χ1n) is 7.94. The van der Waals surface area contributed by atoms with Crippen molar-refractivity contribution in [2.24, 2.45) is 0 Å². The Labute approximate surface area is 153 Å². The van der Waals surface area contributed by atoms with Crippen molar-refractivity contribution in [3.05, 3.63) is 36.0 Å². The molecule has 0 fully saturated rings. The zero-order valence-electron chi connectivity index (χ0n) is 14.3. The van der Waals surface area contributed by atoms with Crippen molar-refractivity contribution in [3.63, 3.8) is 0 Å². The minimum atomic E-state index is -0.664. The highest BCUT2D eigenvalue weighted by molar-refractivity contribution is 7.99. The lowest BCUT2D eigenvalue weighted by Gasteiger charge is -2.11. The number of aromatic nitrogens is 2. The molecule has 2 aromatic rings. The fraction of sp³-hybridized carbons (Fsp3) is 0.375. The topological polar surface area (TPSA) is 106 Å². The molecule has 1 unspecified atom stereocenters. The zero-order chi connectivity index (χ0) is 18.9. The Hall–Kier alpha value is -2.62. The average Bonchev–Trinajstić information content (AvgIpc) is 3.09. The van der Waals surface area contributed by atoms with E-state index in [9.17, 15) is 14.0 Å². The number of nitrogens with zero attached hydrogens (tertiary/aromatic N) is 2. The average molecular weight is 382 g/mol. The number of benzene rings is 1. The normalized spacial score (nSPS) is 11.7. The van der Waals surface area contributed by atoms with Crippen molar-refractivity contribution < 1.29 is 23.1 Å². The number of carbonyl (C=O) groups excluding carboxylic acids is 2. The zero-order valence-corrected chi connectivity index (χ0v) is 15.1. The second-order valence-corrected chi connectivity index (χ2v) is 6.12. The molecule has 0 aliphatic heterocycles. The summed E-state index contributed by atoms with van der Waals surface area (Å²) in [5.74, 6) is -0.823. The van der Waals surface area contributed by atoms with Crippen LogP contribution in [0.3, 0.4) is 0 Å². The number of hydrogen-bond donors (Lipinski definition) is 2. The van der Waals surface area contributed by atoms with E-state index in [-0.39, 0.29) is 22.6 Å². The van der Waals surface area contributed by atoms with Crippen LogP contribution in [-0.2, 0) is 4.79 Å². The quantitative estimate of drug-likeness (QED) is 0.676. The molecule has 0 bridgehead atoms. The molecule has 10 heteroatoms. The molecule has 140 valence electrons. The number of hydrogen-bond acceptors (Lipinski definition) is 7. The molecule has 0 radical (unpaired) electrons. The number of para-hydroxylation sites is 1. The van der Waals surface area contributed by atoms with Gasteiger partial charge in [0.25, 0.3) is 11.1 Å². The Balaban J connectivity index is 1.82. The first-order valence-corrected chi connectivity index (χ1v) is 8.93. The SMILES string of the molecule is CCCNC(=O)NC(=O)CSc1nnc(C(C)Oc2ccccc2F)o1. The molecule has 2 N–H and O–H groups in total. The van der Waals surface area contributed by atoms with E-state index >= 15 is 0 Å². The second-order valence-electron chi connectivity index (χ2n) is 5.19. The van der Waals surface area contributed by atoms with E-state index in [0.29, 0.717) is 6.54 Å². The smallest absolute Gasteiger partial charge is 0.321 e. The third-order valence-electron chi connectivity index (χ3n) is 3.03. The summed E-state index contributed by atoms with van der Waals surface area (Å²) in [7, 11) is 0. The minimum absolute atomic E-state index is 0.0657. The van der Waals surface area contributed by atoms with E-state index in [1.54, 1.807) is 19.1 Å². The van der Waals surface area contributed by atoms with E-state index in [1.807, 2.05) is 6.92 Å². The Morgan fingerprint density at radius 2 is 2.12 bits per heavy atom. The van der Waals surface area contributed by atoms with Gasteiger partial charge in [0.1, 0.15) is 0 Å². The molecular weight excluding hydrogens is 363 g/mol. The predicted molar refractivity (Wildman–Crippen MR) is 92.3 cm³/mol. The van der Waals surface area contributed by atoms with Gasteiger partial charge in [0, 0.05) is 6.54 Å². The Morgan fingerprint density at radius 3 is 2.85 bits per heavy atom. The molecule has 0 aliphatic rings. The third-order valence-corrected chi connectivity index (χ3v) is 3.84. The third kappa shape index (κ3) is 6.03. The van der Waals surface area contributed by atoms with Gasteiger partial charge in [-0.2, -0.15) is 0 Å². The summed E-state index contributed by atoms with van der Waals surface area (Å²) in [6.45, 7) is 4.03. The van der Waals surface area contributed by atoms with Crippen LogP contribution >= 0.6 is 11.8 Å². The molecule has 1 aromatic carbocycles. The maximum absolute atomic E-state index is 13.6. The number of thioether (sulfide) groups is 1. The lowest BCUT2D eigenvalue weighted by Crippen LogP contribution is -2.40. The van der Waals surface area contributed by atoms with Gasteiger partial charge in [-0.1, -0.05) is 30.8 Å². The molecule has 0 saturated carbocycles. The molecule has 3 amide bonds. The molecule has 0 saturated heterocycles. The highest BCUT2D eigenvalue weighted by atomic mass is 32.2. The van der Waals surface area contributed by atoms with Gasteiger partial charge < -0.3 is 14.5 Å². The van der Waals surface area contributed by atoms with Crippen molar-refractivity contribution in [1.82, 2.24) is 20.8 Å². The van der Waals surface area contributed by atoms with Gasteiger partial charge in [0.15, 0.2) is 17.7 Å². The molecule has 1 heterocycles. The number of halogens is 1. The Kier molecular flexibility index (Phi) is 7.39. The summed E-state index contributed by atoms with van der Waals surface area (Å²) in [5, 5.41) is 12.5. The van der Waals surface area contributed by atoms with Crippen molar-refractivity contribution in [3.8, 4) is 5.75 Å². The summed E-state index contributed by atoms with van der Waals surface area (Å²) in [4.78, 5) is 23.0. The van der Waals surface area contributed by atoms with Crippen molar-refractivity contribution in [2.75, 3.05) is 12.3 Å². The minimum Gasteiger partial charge on any atom is -0.478 e. The van der Waals surface area contributed by atoms with Crippen LogP contribution in [0.1, 0.15) is 32.3 Å². The molecule has 1 aromatic heterocycles. The van der Waals surface area contributed by atoms with Gasteiger partial charge in [-0.25, -0.2) is 9.18 Å². The van der Waals surface area contributed by atoms with Gasteiger partial charge in [-0.05, 0) is 25.5 Å². The summed E-state index contributed by atoms with van der Waals surface area (Å²) >= 11 is 0.980. The number of carbonyl (C=O) groups is 2. The summed E-state index contributed by atoms with van der Waals surface area (Å²) in [6, 6.07) is 5.44. The van der Waals surface area contributed by atoms with Crippen LogP contribution < -0.4 is 15.4 Å². The molecular formula is C16H19FN4O4S. The summed E-state index contributed by atoms with van der Waals surface area (Å²) in [5.41, 5.74) is 0. The van der Waals surface area contributed by atoms with Gasteiger partial charge in [0.2, 0.25) is 5.91 Å². The lowest BCUT2D eigenvalue weighted by atomic mass is 10.3. The highest BCUT2D eigenvalue weighted by Gasteiger charge is 2.18. The van der Waals surface area contributed by atoms with E-state index < -0.39 is 23.9 Å². The number of ether oxygens (including phenoxy) is 1. The molecule has 8 nitrogen and oxygen atoms in total. The fourth-order valence-corrected chi connectivity index (χ4v) is 2.37. The molecule has 2 rings (SSSR count). The number of amides is 3. The van der Waals surface area contributed by atoms with Gasteiger partial charge in [0.05, 0.1) is 5.75 Å². The molecule has 0 aliphatic carbocycles. The van der Waals surface area contributed by atoms with Gasteiger partial charge >= 0.3 is 6.03 Å². The Morgan fingerprint density at radius 1 is 1.35 bits per heavy atom. The number of imide groups is 1. The van der Waals surface area contributed by atoms with Crippen LogP contribution in [0.5, 0.6) is 5.75 Å². The van der Waals surface area contributed by atoms with E-state index in [1.165, 1.54) is 12.1 Å². The number of urea groups is 1. The second kappa shape index (κ2) is 9.76. The standard InChI is InChI=1S/C16H19FN4O4S/c1-3-8-18-15(23)19-13(22)9-26-16-21-20-14(25-16)10(2)24-12-7-5-4-6-11(12)17/h4-7,10H,3,8-9H2,1-2H3,(H2,18,19,22,23). The molecule has 26 heavy (non-hydrogen) atoms. The summed E-state index contributed by atoms with van der Waals surface area (Å²) in [6.07, 6.45) is 0.108. The maximum atomic E-state index is 13.6. The van der Waals surface area contributed by atoms with Crippen LogP contribution in [0.4, 0.5) is 9.18 Å². The first kappa shape index (κ1) is 19.7. The van der Waals surface area contributed by atoms with Crippen LogP contribution in [0.15, 0.2) is 33.9 Å². The lowest BCUT2D eigenvalue weighted by molar-refractivity contribution is -0.117. The van der Waals surface area contributed by atoms with E-state index in [0.717, 1.165) is 18.2 Å². The fourth-order valence-electron chi connectivity index (χ4n) is 1.80. The highest BCUT2D eigenvalue weighted by Crippen LogP contribution is 2.25. The van der Waals surface area contributed by atoms with E-state index in [4.69, 9.17) is 9.15 Å². The predicted octanol–water partition coefficient (Wildman–Crippen LogP) is 2.68. The van der Waals surface area contributed by atoms with Crippen molar-refractivity contribution in [1.29, 1.82) is 0 Å². The van der Waals surface area contributed by atoms with Crippen LogP contribution in [0, 0.1) is 5.82 Å². The van der Waals surface area contributed by atoms with Crippen LogP contribution in [0.2, 0.25) is 0 Å². The monoisotopic (exact) mass is 382 g/mol. The van der Waals surface area contributed by atoms with Crippen molar-refractivity contribution in [2.45, 2.75) is 31.6 Å². The first-order chi connectivity index (χ1) is 12.5. The van der Waals surface area contributed by atoms with Gasteiger partial charge in [-0.3, -0.25) is 10.1 Å². The van der Waals surface area contributed by atoms with Crippen LogP contribution in [-0.4, -0.2) is 34.4 Å². The van der Waals surface area contributed by atoms with Gasteiger partial charge in [-0.15, -0.1) is 10.2 Å². The maximum Gasteiger partial charge on any atom is 0.321 e. The summed E-state index contributed by atoms with van der Waals surface area (Å²) < 4.78 is 24.4. The molecule has 0 spiro atoms. The largest absolute Gasteiger partial charge is 0.478 e. The number of nitrogens with one attached hydrogen (secondary N) is 2. The van der Waals surface area contributed by atoms with Crippen molar-refractivity contribution >= 4 is 23.7 Å². The molecule has 1 atom stereocenters.